The van der Waals surface area contributed by atoms with Crippen molar-refractivity contribution in [3.8, 4) is 5.75 Å². The Hall–Kier alpha value is -1.79. The summed E-state index contributed by atoms with van der Waals surface area (Å²) in [6.45, 7) is 0.492. The first-order valence-corrected chi connectivity index (χ1v) is 6.38. The molecule has 0 aliphatic heterocycles. The van der Waals surface area contributed by atoms with E-state index in [4.69, 9.17) is 21.1 Å². The number of carbonyl (C=O) groups is 2. The number of carbonyl (C=O) groups excluding carboxylic acids is 2. The number of hydrazine groups is 1. The minimum atomic E-state index is -0.474. The molecule has 1 aromatic carbocycles. The molecule has 0 aliphatic carbocycles. The molecular formula is C13H17ClN2O4. The average Bonchev–Trinajstić information content (AvgIpc) is 2.44. The zero-order valence-corrected chi connectivity index (χ0v) is 12.1. The third-order valence-electron chi connectivity index (χ3n) is 2.48. The number of rotatable bonds is 6. The summed E-state index contributed by atoms with van der Waals surface area (Å²) in [6, 6.07) is 4.61. The van der Waals surface area contributed by atoms with Crippen LogP contribution in [0.3, 0.4) is 0 Å². The van der Waals surface area contributed by atoms with E-state index in [9.17, 15) is 9.59 Å². The number of hydrogen-bond acceptors (Lipinski definition) is 4. The van der Waals surface area contributed by atoms with Gasteiger partial charge in [-0.05, 0) is 24.6 Å². The van der Waals surface area contributed by atoms with Crippen molar-refractivity contribution in [1.29, 1.82) is 0 Å². The predicted octanol–water partition coefficient (Wildman–Crippen LogP) is 1.54. The predicted molar refractivity (Wildman–Crippen MR) is 74.7 cm³/mol. The van der Waals surface area contributed by atoms with E-state index in [1.807, 2.05) is 0 Å². The minimum Gasteiger partial charge on any atom is -0.496 e. The maximum Gasteiger partial charge on any atom is 0.273 e. The lowest BCUT2D eigenvalue weighted by Gasteiger charge is -2.10. The highest BCUT2D eigenvalue weighted by Crippen LogP contribution is 2.22. The monoisotopic (exact) mass is 300 g/mol. The highest BCUT2D eigenvalue weighted by Gasteiger charge is 2.13. The summed E-state index contributed by atoms with van der Waals surface area (Å²) in [5.41, 5.74) is 4.93. The molecule has 0 unspecified atom stereocenters. The Morgan fingerprint density at radius 1 is 1.25 bits per heavy atom. The Bertz CT molecular complexity index is 479. The number of benzene rings is 1. The van der Waals surface area contributed by atoms with E-state index in [1.54, 1.807) is 13.2 Å². The van der Waals surface area contributed by atoms with Gasteiger partial charge in [-0.3, -0.25) is 20.4 Å². The molecule has 0 fully saturated rings. The van der Waals surface area contributed by atoms with Crippen molar-refractivity contribution in [2.75, 3.05) is 20.8 Å². The largest absolute Gasteiger partial charge is 0.496 e. The second-order valence-corrected chi connectivity index (χ2v) is 4.38. The summed E-state index contributed by atoms with van der Waals surface area (Å²) < 4.78 is 9.89. The Morgan fingerprint density at radius 3 is 2.65 bits per heavy atom. The van der Waals surface area contributed by atoms with Gasteiger partial charge in [0, 0.05) is 25.2 Å². The van der Waals surface area contributed by atoms with Gasteiger partial charge in [0.1, 0.15) is 5.75 Å². The number of methoxy groups -OCH3 is 2. The van der Waals surface area contributed by atoms with Gasteiger partial charge >= 0.3 is 0 Å². The Labute approximate surface area is 122 Å². The Balaban J connectivity index is 2.52. The summed E-state index contributed by atoms with van der Waals surface area (Å²) in [6.07, 6.45) is 0.855. The second kappa shape index (κ2) is 8.39. The molecule has 2 amide bonds. The SMILES string of the molecule is COCCCC(=O)NNC(=O)c1ccc(Cl)cc1OC. The fourth-order valence-electron chi connectivity index (χ4n) is 1.49. The highest BCUT2D eigenvalue weighted by molar-refractivity contribution is 6.30. The van der Waals surface area contributed by atoms with Crippen LogP contribution in [0.4, 0.5) is 0 Å². The van der Waals surface area contributed by atoms with Crippen molar-refractivity contribution in [3.63, 3.8) is 0 Å². The van der Waals surface area contributed by atoms with Gasteiger partial charge in [-0.15, -0.1) is 0 Å². The van der Waals surface area contributed by atoms with Gasteiger partial charge in [0.15, 0.2) is 0 Å². The first-order chi connectivity index (χ1) is 9.58. The lowest BCUT2D eigenvalue weighted by atomic mass is 10.2. The normalized spacial score (nSPS) is 9.95. The summed E-state index contributed by atoms with van der Waals surface area (Å²) in [4.78, 5) is 23.3. The van der Waals surface area contributed by atoms with Crippen LogP contribution in [-0.2, 0) is 9.53 Å². The van der Waals surface area contributed by atoms with Crippen LogP contribution in [0.15, 0.2) is 18.2 Å². The van der Waals surface area contributed by atoms with E-state index >= 15 is 0 Å². The molecule has 2 N–H and O–H groups in total. The van der Waals surface area contributed by atoms with Crippen LogP contribution in [0.2, 0.25) is 5.02 Å². The molecule has 20 heavy (non-hydrogen) atoms. The van der Waals surface area contributed by atoms with Gasteiger partial charge in [-0.2, -0.15) is 0 Å². The summed E-state index contributed by atoms with van der Waals surface area (Å²) in [5, 5.41) is 0.460. The smallest absolute Gasteiger partial charge is 0.273 e. The van der Waals surface area contributed by atoms with E-state index < -0.39 is 5.91 Å². The van der Waals surface area contributed by atoms with E-state index in [1.165, 1.54) is 19.2 Å². The topological polar surface area (TPSA) is 76.7 Å². The van der Waals surface area contributed by atoms with Crippen LogP contribution < -0.4 is 15.6 Å². The van der Waals surface area contributed by atoms with Gasteiger partial charge in [0.2, 0.25) is 5.91 Å². The zero-order chi connectivity index (χ0) is 15.0. The van der Waals surface area contributed by atoms with Gasteiger partial charge in [0.05, 0.1) is 12.7 Å². The van der Waals surface area contributed by atoms with Crippen molar-refractivity contribution in [2.24, 2.45) is 0 Å². The van der Waals surface area contributed by atoms with Crippen LogP contribution in [0.1, 0.15) is 23.2 Å². The number of amides is 2. The molecule has 6 nitrogen and oxygen atoms in total. The molecule has 0 radical (unpaired) electrons. The van der Waals surface area contributed by atoms with Gasteiger partial charge in [0.25, 0.3) is 5.91 Å². The molecular weight excluding hydrogens is 284 g/mol. The number of halogens is 1. The van der Waals surface area contributed by atoms with Gasteiger partial charge in [-0.1, -0.05) is 11.6 Å². The van der Waals surface area contributed by atoms with Gasteiger partial charge < -0.3 is 9.47 Å². The molecule has 0 saturated heterocycles. The van der Waals surface area contributed by atoms with Crippen molar-refractivity contribution < 1.29 is 19.1 Å². The second-order valence-electron chi connectivity index (χ2n) is 3.94. The molecule has 0 saturated carbocycles. The molecule has 0 atom stereocenters. The zero-order valence-electron chi connectivity index (χ0n) is 11.4. The van der Waals surface area contributed by atoms with E-state index in [0.717, 1.165) is 0 Å². The first-order valence-electron chi connectivity index (χ1n) is 6.00. The molecule has 0 aliphatic rings. The standard InChI is InChI=1S/C13H17ClN2O4/c1-19-7-3-4-12(17)15-16-13(18)10-6-5-9(14)8-11(10)20-2/h5-6,8H,3-4,7H2,1-2H3,(H,15,17)(H,16,18). The molecule has 1 rings (SSSR count). The fourth-order valence-corrected chi connectivity index (χ4v) is 1.65. The molecule has 0 bridgehead atoms. The third kappa shape index (κ3) is 5.07. The molecule has 0 aromatic heterocycles. The van der Waals surface area contributed by atoms with Crippen LogP contribution in [-0.4, -0.2) is 32.6 Å². The maximum absolute atomic E-state index is 11.9. The van der Waals surface area contributed by atoms with Crippen molar-refractivity contribution in [2.45, 2.75) is 12.8 Å². The van der Waals surface area contributed by atoms with Crippen molar-refractivity contribution in [1.82, 2.24) is 10.9 Å². The molecule has 1 aromatic rings. The number of hydrogen-bond donors (Lipinski definition) is 2. The van der Waals surface area contributed by atoms with E-state index in [-0.39, 0.29) is 17.9 Å². The lowest BCUT2D eigenvalue weighted by Crippen LogP contribution is -2.41. The van der Waals surface area contributed by atoms with Gasteiger partial charge in [-0.25, -0.2) is 0 Å². The molecule has 0 heterocycles. The summed E-state index contributed by atoms with van der Waals surface area (Å²) in [5.74, 6) is -0.425. The average molecular weight is 301 g/mol. The quantitative estimate of drug-likeness (QED) is 0.617. The number of nitrogens with one attached hydrogen (secondary N) is 2. The lowest BCUT2D eigenvalue weighted by molar-refractivity contribution is -0.122. The summed E-state index contributed by atoms with van der Waals surface area (Å²) >= 11 is 5.81. The van der Waals surface area contributed by atoms with Crippen LogP contribution in [0, 0.1) is 0 Å². The third-order valence-corrected chi connectivity index (χ3v) is 2.71. The fraction of sp³-hybridized carbons (Fsp3) is 0.385. The molecule has 0 spiro atoms. The van der Waals surface area contributed by atoms with Crippen LogP contribution >= 0.6 is 11.6 Å². The molecule has 110 valence electrons. The van der Waals surface area contributed by atoms with E-state index in [0.29, 0.717) is 23.8 Å². The van der Waals surface area contributed by atoms with Crippen LogP contribution in [0.5, 0.6) is 5.75 Å². The van der Waals surface area contributed by atoms with Crippen LogP contribution in [0.25, 0.3) is 0 Å². The van der Waals surface area contributed by atoms with Crippen molar-refractivity contribution >= 4 is 23.4 Å². The van der Waals surface area contributed by atoms with E-state index in [2.05, 4.69) is 10.9 Å². The summed E-state index contributed by atoms with van der Waals surface area (Å²) in [7, 11) is 3.00. The minimum absolute atomic E-state index is 0.270. The Morgan fingerprint density at radius 2 is 2.00 bits per heavy atom. The van der Waals surface area contributed by atoms with Crippen molar-refractivity contribution in [3.05, 3.63) is 28.8 Å². The molecule has 7 heteroatoms. The number of ether oxygens (including phenoxy) is 2. The maximum atomic E-state index is 11.9. The highest BCUT2D eigenvalue weighted by atomic mass is 35.5. The first kappa shape index (κ1) is 16.3. The Kier molecular flexibility index (Phi) is 6.83.